The summed E-state index contributed by atoms with van der Waals surface area (Å²) in [5, 5.41) is 0. The molecule has 0 fully saturated rings. The molecule has 0 bridgehead atoms. The molecule has 0 N–H and O–H groups in total. The third-order valence-corrected chi connectivity index (χ3v) is 4.16. The van der Waals surface area contributed by atoms with E-state index in [1.54, 1.807) is 0 Å². The van der Waals surface area contributed by atoms with Crippen molar-refractivity contribution >= 4 is 5.97 Å². The number of carbonyl (C=O) groups excluding carboxylic acids is 1. The minimum Gasteiger partial charge on any atom is -0.466 e. The standard InChI is InChI=1S/C19H38O2/c1-4-7-8-9-10-11-12-13-14-15-17-18(16-5-2)19(20)21-6-3/h18H,4-17H2,1-3H3. The van der Waals surface area contributed by atoms with E-state index >= 15 is 0 Å². The van der Waals surface area contributed by atoms with E-state index in [-0.39, 0.29) is 11.9 Å². The van der Waals surface area contributed by atoms with Gasteiger partial charge in [-0.05, 0) is 19.8 Å². The average Bonchev–Trinajstić information content (AvgIpc) is 2.48. The van der Waals surface area contributed by atoms with Crippen LogP contribution in [0.5, 0.6) is 0 Å². The van der Waals surface area contributed by atoms with Crippen LogP contribution in [0.1, 0.15) is 104 Å². The van der Waals surface area contributed by atoms with Gasteiger partial charge in [0.25, 0.3) is 0 Å². The Hall–Kier alpha value is -0.530. The smallest absolute Gasteiger partial charge is 0.308 e. The van der Waals surface area contributed by atoms with Crippen LogP contribution in [-0.2, 0) is 9.53 Å². The summed E-state index contributed by atoms with van der Waals surface area (Å²) in [5.41, 5.74) is 0. The predicted octanol–water partition coefficient (Wildman–Crippen LogP) is 6.28. The van der Waals surface area contributed by atoms with E-state index in [2.05, 4.69) is 13.8 Å². The summed E-state index contributed by atoms with van der Waals surface area (Å²) in [6.07, 6.45) is 16.6. The maximum absolute atomic E-state index is 11.8. The Labute approximate surface area is 133 Å². The van der Waals surface area contributed by atoms with Gasteiger partial charge in [-0.2, -0.15) is 0 Å². The molecule has 1 atom stereocenters. The van der Waals surface area contributed by atoms with E-state index in [9.17, 15) is 4.79 Å². The van der Waals surface area contributed by atoms with E-state index in [1.807, 2.05) is 6.92 Å². The summed E-state index contributed by atoms with van der Waals surface area (Å²) >= 11 is 0. The second-order valence-corrected chi connectivity index (χ2v) is 6.21. The fraction of sp³-hybridized carbons (Fsp3) is 0.947. The molecule has 0 aromatic carbocycles. The largest absolute Gasteiger partial charge is 0.466 e. The number of hydrogen-bond acceptors (Lipinski definition) is 2. The molecule has 0 aromatic rings. The van der Waals surface area contributed by atoms with E-state index < -0.39 is 0 Å². The van der Waals surface area contributed by atoms with Gasteiger partial charge in [-0.25, -0.2) is 0 Å². The monoisotopic (exact) mass is 298 g/mol. The normalized spacial score (nSPS) is 12.3. The first-order chi connectivity index (χ1) is 10.3. The van der Waals surface area contributed by atoms with Crippen molar-refractivity contribution in [1.29, 1.82) is 0 Å². The van der Waals surface area contributed by atoms with Gasteiger partial charge in [-0.3, -0.25) is 4.79 Å². The Morgan fingerprint density at radius 1 is 0.714 bits per heavy atom. The van der Waals surface area contributed by atoms with Crippen molar-refractivity contribution in [2.45, 2.75) is 104 Å². The zero-order chi connectivity index (χ0) is 15.8. The fourth-order valence-electron chi connectivity index (χ4n) is 2.87. The number of ether oxygens (including phenoxy) is 1. The topological polar surface area (TPSA) is 26.3 Å². The predicted molar refractivity (Wildman–Crippen MR) is 91.5 cm³/mol. The summed E-state index contributed by atoms with van der Waals surface area (Å²) < 4.78 is 5.16. The third-order valence-electron chi connectivity index (χ3n) is 4.16. The first-order valence-corrected chi connectivity index (χ1v) is 9.42. The van der Waals surface area contributed by atoms with Gasteiger partial charge in [0.1, 0.15) is 0 Å². The van der Waals surface area contributed by atoms with Crippen molar-refractivity contribution in [3.05, 3.63) is 0 Å². The van der Waals surface area contributed by atoms with Gasteiger partial charge in [0, 0.05) is 0 Å². The summed E-state index contributed by atoms with van der Waals surface area (Å²) in [6.45, 7) is 6.81. The van der Waals surface area contributed by atoms with Gasteiger partial charge in [-0.15, -0.1) is 0 Å². The van der Waals surface area contributed by atoms with E-state index in [1.165, 1.54) is 64.2 Å². The SMILES string of the molecule is CCCCCCCCCCCCC(CCC)C(=O)OCC. The fourth-order valence-corrected chi connectivity index (χ4v) is 2.87. The Balaban J connectivity index is 3.47. The van der Waals surface area contributed by atoms with Gasteiger partial charge >= 0.3 is 5.97 Å². The molecular formula is C19H38O2. The number of rotatable bonds is 15. The average molecular weight is 299 g/mol. The molecule has 126 valence electrons. The minimum absolute atomic E-state index is 0.0234. The highest BCUT2D eigenvalue weighted by atomic mass is 16.5. The Morgan fingerprint density at radius 3 is 1.71 bits per heavy atom. The molecule has 0 heterocycles. The van der Waals surface area contributed by atoms with Crippen LogP contribution in [-0.4, -0.2) is 12.6 Å². The van der Waals surface area contributed by atoms with Gasteiger partial charge in [0.2, 0.25) is 0 Å². The molecule has 0 saturated carbocycles. The molecule has 0 aliphatic rings. The van der Waals surface area contributed by atoms with E-state index in [0.29, 0.717) is 6.61 Å². The maximum Gasteiger partial charge on any atom is 0.308 e. The molecule has 2 nitrogen and oxygen atoms in total. The minimum atomic E-state index is 0.0234. The van der Waals surface area contributed by atoms with Gasteiger partial charge in [0.15, 0.2) is 0 Å². The second kappa shape index (κ2) is 15.9. The highest BCUT2D eigenvalue weighted by molar-refractivity contribution is 5.72. The summed E-state index contributed by atoms with van der Waals surface area (Å²) in [5.74, 6) is 0.166. The molecule has 2 heteroatoms. The zero-order valence-electron chi connectivity index (χ0n) is 14.8. The van der Waals surface area contributed by atoms with Gasteiger partial charge in [0.05, 0.1) is 12.5 Å². The Morgan fingerprint density at radius 2 is 1.24 bits per heavy atom. The Bertz CT molecular complexity index is 226. The number of hydrogen-bond donors (Lipinski definition) is 0. The lowest BCUT2D eigenvalue weighted by Crippen LogP contribution is -2.17. The van der Waals surface area contributed by atoms with Crippen molar-refractivity contribution < 1.29 is 9.53 Å². The molecular weight excluding hydrogens is 260 g/mol. The molecule has 1 unspecified atom stereocenters. The lowest BCUT2D eigenvalue weighted by Gasteiger charge is -2.14. The molecule has 0 radical (unpaired) electrons. The quantitative estimate of drug-likeness (QED) is 0.263. The summed E-state index contributed by atoms with van der Waals surface area (Å²) in [4.78, 5) is 11.8. The molecule has 0 aromatic heterocycles. The number of carbonyl (C=O) groups is 1. The lowest BCUT2D eigenvalue weighted by molar-refractivity contribution is -0.148. The van der Waals surface area contributed by atoms with Crippen molar-refractivity contribution in [2.75, 3.05) is 6.61 Å². The van der Waals surface area contributed by atoms with Crippen molar-refractivity contribution in [3.8, 4) is 0 Å². The van der Waals surface area contributed by atoms with Crippen LogP contribution in [0.4, 0.5) is 0 Å². The van der Waals surface area contributed by atoms with E-state index in [0.717, 1.165) is 19.3 Å². The number of unbranched alkanes of at least 4 members (excludes halogenated alkanes) is 9. The lowest BCUT2D eigenvalue weighted by atomic mass is 9.96. The van der Waals surface area contributed by atoms with Crippen LogP contribution in [0.3, 0.4) is 0 Å². The highest BCUT2D eigenvalue weighted by Crippen LogP contribution is 2.18. The first kappa shape index (κ1) is 20.5. The molecule has 0 spiro atoms. The van der Waals surface area contributed by atoms with Gasteiger partial charge in [-0.1, -0.05) is 84.5 Å². The second-order valence-electron chi connectivity index (χ2n) is 6.21. The zero-order valence-corrected chi connectivity index (χ0v) is 14.8. The first-order valence-electron chi connectivity index (χ1n) is 9.42. The van der Waals surface area contributed by atoms with Crippen LogP contribution in [0, 0.1) is 5.92 Å². The Kier molecular flexibility index (Phi) is 15.5. The van der Waals surface area contributed by atoms with Crippen molar-refractivity contribution in [1.82, 2.24) is 0 Å². The van der Waals surface area contributed by atoms with E-state index in [4.69, 9.17) is 4.74 Å². The molecule has 0 aliphatic heterocycles. The van der Waals surface area contributed by atoms with Crippen LogP contribution >= 0.6 is 0 Å². The summed E-state index contributed by atoms with van der Waals surface area (Å²) in [6, 6.07) is 0. The third kappa shape index (κ3) is 12.9. The number of esters is 1. The van der Waals surface area contributed by atoms with Crippen LogP contribution in [0.15, 0.2) is 0 Å². The van der Waals surface area contributed by atoms with Crippen molar-refractivity contribution in [2.24, 2.45) is 5.92 Å². The highest BCUT2D eigenvalue weighted by Gasteiger charge is 2.17. The maximum atomic E-state index is 11.8. The van der Waals surface area contributed by atoms with Crippen LogP contribution in [0.25, 0.3) is 0 Å². The van der Waals surface area contributed by atoms with Gasteiger partial charge < -0.3 is 4.74 Å². The molecule has 0 rings (SSSR count). The van der Waals surface area contributed by atoms with Crippen LogP contribution < -0.4 is 0 Å². The molecule has 0 aliphatic carbocycles. The van der Waals surface area contributed by atoms with Crippen molar-refractivity contribution in [3.63, 3.8) is 0 Å². The molecule has 0 amide bonds. The summed E-state index contributed by atoms with van der Waals surface area (Å²) in [7, 11) is 0. The van der Waals surface area contributed by atoms with Crippen LogP contribution in [0.2, 0.25) is 0 Å². The molecule has 0 saturated heterocycles. The molecule has 21 heavy (non-hydrogen) atoms.